The van der Waals surface area contributed by atoms with Crippen molar-refractivity contribution in [2.75, 3.05) is 0 Å². The largest absolute Gasteiger partial charge is 0.449 e. The van der Waals surface area contributed by atoms with Crippen molar-refractivity contribution in [3.8, 4) is 0 Å². The summed E-state index contributed by atoms with van der Waals surface area (Å²) in [6.45, 7) is 2.74. The fraction of sp³-hybridized carbons (Fsp3) is 0.238. The topological polar surface area (TPSA) is 57.1 Å². The van der Waals surface area contributed by atoms with Gasteiger partial charge >= 0.3 is 5.69 Å². The standard InChI is InChI=1S/C21H19ClN2O3/c1-2-3-12-23-20(25)19-18(16-6-4-5-7-17(16)27-19)24(21(23)26)13-14-8-10-15(22)11-9-14/h4-11H,2-3,12-13H2,1H3. The Morgan fingerprint density at radius 1 is 1.00 bits per heavy atom. The maximum absolute atomic E-state index is 13.2. The average Bonchev–Trinajstić information content (AvgIpc) is 3.06. The Labute approximate surface area is 160 Å². The van der Waals surface area contributed by atoms with Gasteiger partial charge in [0, 0.05) is 17.0 Å². The Morgan fingerprint density at radius 2 is 1.74 bits per heavy atom. The van der Waals surface area contributed by atoms with Crippen molar-refractivity contribution in [1.29, 1.82) is 0 Å². The molecule has 6 heteroatoms. The predicted octanol–water partition coefficient (Wildman–Crippen LogP) is 4.41. The van der Waals surface area contributed by atoms with Crippen LogP contribution in [0.4, 0.5) is 0 Å². The second-order valence-corrected chi connectivity index (χ2v) is 7.02. The van der Waals surface area contributed by atoms with Crippen molar-refractivity contribution in [3.05, 3.63) is 80.0 Å². The molecule has 0 atom stereocenters. The van der Waals surface area contributed by atoms with Gasteiger partial charge in [-0.3, -0.25) is 13.9 Å². The molecule has 0 aliphatic rings. The van der Waals surface area contributed by atoms with E-state index in [4.69, 9.17) is 16.0 Å². The van der Waals surface area contributed by atoms with E-state index in [2.05, 4.69) is 0 Å². The van der Waals surface area contributed by atoms with Gasteiger partial charge in [-0.25, -0.2) is 4.79 Å². The first kappa shape index (κ1) is 17.6. The quantitative estimate of drug-likeness (QED) is 0.513. The maximum atomic E-state index is 13.2. The van der Waals surface area contributed by atoms with E-state index >= 15 is 0 Å². The number of benzene rings is 2. The third-order valence-electron chi connectivity index (χ3n) is 4.73. The van der Waals surface area contributed by atoms with E-state index in [0.29, 0.717) is 29.2 Å². The molecule has 0 unspecified atom stereocenters. The van der Waals surface area contributed by atoms with Crippen LogP contribution >= 0.6 is 11.6 Å². The first-order valence-corrected chi connectivity index (χ1v) is 9.37. The zero-order chi connectivity index (χ0) is 19.0. The van der Waals surface area contributed by atoms with Gasteiger partial charge in [-0.1, -0.05) is 49.2 Å². The Kier molecular flexibility index (Phi) is 4.62. The van der Waals surface area contributed by atoms with E-state index in [9.17, 15) is 9.59 Å². The van der Waals surface area contributed by atoms with Gasteiger partial charge in [0.15, 0.2) is 0 Å². The summed E-state index contributed by atoms with van der Waals surface area (Å²) in [4.78, 5) is 26.1. The molecule has 0 bridgehead atoms. The van der Waals surface area contributed by atoms with Crippen LogP contribution in [0, 0.1) is 0 Å². The summed E-state index contributed by atoms with van der Waals surface area (Å²) in [5.41, 5.74) is 1.61. The number of hydrogen-bond acceptors (Lipinski definition) is 3. The lowest BCUT2D eigenvalue weighted by Crippen LogP contribution is -2.40. The second-order valence-electron chi connectivity index (χ2n) is 6.58. The molecule has 4 rings (SSSR count). The zero-order valence-electron chi connectivity index (χ0n) is 14.9. The zero-order valence-corrected chi connectivity index (χ0v) is 15.7. The van der Waals surface area contributed by atoms with Crippen LogP contribution in [0.3, 0.4) is 0 Å². The van der Waals surface area contributed by atoms with Gasteiger partial charge in [0.2, 0.25) is 5.58 Å². The minimum absolute atomic E-state index is 0.223. The number of nitrogens with zero attached hydrogens (tertiary/aromatic N) is 2. The first-order chi connectivity index (χ1) is 13.1. The van der Waals surface area contributed by atoms with Crippen LogP contribution in [0.15, 0.2) is 62.5 Å². The van der Waals surface area contributed by atoms with Gasteiger partial charge in [0.25, 0.3) is 5.56 Å². The molecule has 0 fully saturated rings. The van der Waals surface area contributed by atoms with Crippen molar-refractivity contribution in [2.24, 2.45) is 0 Å². The Morgan fingerprint density at radius 3 is 2.48 bits per heavy atom. The second kappa shape index (κ2) is 7.08. The molecule has 0 radical (unpaired) electrons. The van der Waals surface area contributed by atoms with Crippen molar-refractivity contribution in [2.45, 2.75) is 32.9 Å². The fourth-order valence-electron chi connectivity index (χ4n) is 3.33. The summed E-state index contributed by atoms with van der Waals surface area (Å²) in [5, 5.41) is 1.40. The predicted molar refractivity (Wildman–Crippen MR) is 108 cm³/mol. The number of halogens is 1. The summed E-state index contributed by atoms with van der Waals surface area (Å²) in [6.07, 6.45) is 1.64. The van der Waals surface area contributed by atoms with E-state index in [0.717, 1.165) is 23.8 Å². The number of furan rings is 1. The molecule has 0 saturated heterocycles. The average molecular weight is 383 g/mol. The third-order valence-corrected chi connectivity index (χ3v) is 4.98. The molecular weight excluding hydrogens is 364 g/mol. The molecule has 0 N–H and O–H groups in total. The van der Waals surface area contributed by atoms with Gasteiger partial charge < -0.3 is 4.42 Å². The van der Waals surface area contributed by atoms with Gasteiger partial charge in [-0.2, -0.15) is 0 Å². The normalized spacial score (nSPS) is 11.5. The van der Waals surface area contributed by atoms with E-state index < -0.39 is 0 Å². The van der Waals surface area contributed by atoms with Gasteiger partial charge in [0.05, 0.1) is 6.54 Å². The lowest BCUT2D eigenvalue weighted by Gasteiger charge is -2.12. The summed E-state index contributed by atoms with van der Waals surface area (Å²) in [5.74, 6) is 0. The van der Waals surface area contributed by atoms with E-state index in [-0.39, 0.29) is 16.8 Å². The van der Waals surface area contributed by atoms with Gasteiger partial charge in [0.1, 0.15) is 11.1 Å². The van der Waals surface area contributed by atoms with Crippen LogP contribution in [0.25, 0.3) is 22.1 Å². The third kappa shape index (κ3) is 3.08. The fourth-order valence-corrected chi connectivity index (χ4v) is 3.45. The molecule has 0 saturated carbocycles. The van der Waals surface area contributed by atoms with Crippen LogP contribution in [0.1, 0.15) is 25.3 Å². The van der Waals surface area contributed by atoms with Crippen LogP contribution in [-0.2, 0) is 13.1 Å². The van der Waals surface area contributed by atoms with Gasteiger partial charge in [-0.15, -0.1) is 0 Å². The van der Waals surface area contributed by atoms with Crippen molar-refractivity contribution < 1.29 is 4.42 Å². The van der Waals surface area contributed by atoms with E-state index in [1.807, 2.05) is 43.3 Å². The van der Waals surface area contributed by atoms with E-state index in [1.54, 1.807) is 16.7 Å². The van der Waals surface area contributed by atoms with Crippen molar-refractivity contribution in [3.63, 3.8) is 0 Å². The highest BCUT2D eigenvalue weighted by atomic mass is 35.5. The number of aromatic nitrogens is 2. The summed E-state index contributed by atoms with van der Waals surface area (Å²) < 4.78 is 8.75. The molecule has 5 nitrogen and oxygen atoms in total. The highest BCUT2D eigenvalue weighted by Gasteiger charge is 2.19. The molecular formula is C21H19ClN2O3. The van der Waals surface area contributed by atoms with Crippen LogP contribution in [-0.4, -0.2) is 9.13 Å². The highest BCUT2D eigenvalue weighted by molar-refractivity contribution is 6.30. The minimum atomic E-state index is -0.369. The number of hydrogen-bond donors (Lipinski definition) is 0. The molecule has 138 valence electrons. The van der Waals surface area contributed by atoms with Crippen LogP contribution in [0.5, 0.6) is 0 Å². The van der Waals surface area contributed by atoms with Crippen molar-refractivity contribution in [1.82, 2.24) is 9.13 Å². The monoisotopic (exact) mass is 382 g/mol. The van der Waals surface area contributed by atoms with E-state index in [1.165, 1.54) is 4.57 Å². The number of rotatable bonds is 5. The Bertz CT molecular complexity index is 1230. The summed E-state index contributed by atoms with van der Waals surface area (Å²) >= 11 is 5.98. The highest BCUT2D eigenvalue weighted by Crippen LogP contribution is 2.26. The molecule has 0 aliphatic heterocycles. The Hall–Kier alpha value is -2.79. The minimum Gasteiger partial charge on any atom is -0.449 e. The van der Waals surface area contributed by atoms with Crippen molar-refractivity contribution >= 4 is 33.7 Å². The molecule has 4 aromatic rings. The Balaban J connectivity index is 2.02. The molecule has 2 aromatic carbocycles. The molecule has 0 amide bonds. The van der Waals surface area contributed by atoms with Gasteiger partial charge in [-0.05, 0) is 36.2 Å². The first-order valence-electron chi connectivity index (χ1n) is 8.99. The molecule has 2 heterocycles. The maximum Gasteiger partial charge on any atom is 0.331 e. The SMILES string of the molecule is CCCCn1c(=O)c2oc3ccccc3c2n(Cc2ccc(Cl)cc2)c1=O. The summed E-state index contributed by atoms with van der Waals surface area (Å²) in [7, 11) is 0. The molecule has 0 aliphatic carbocycles. The summed E-state index contributed by atoms with van der Waals surface area (Å²) in [6, 6.07) is 14.7. The lowest BCUT2D eigenvalue weighted by atomic mass is 10.2. The molecule has 2 aromatic heterocycles. The number of unbranched alkanes of at least 4 members (excludes halogenated alkanes) is 1. The lowest BCUT2D eigenvalue weighted by molar-refractivity contribution is 0.545. The number of para-hydroxylation sites is 1. The van der Waals surface area contributed by atoms with Crippen LogP contribution in [0.2, 0.25) is 5.02 Å². The molecule has 27 heavy (non-hydrogen) atoms. The number of fused-ring (bicyclic) bond motifs is 3. The van der Waals surface area contributed by atoms with Crippen LogP contribution < -0.4 is 11.2 Å². The smallest absolute Gasteiger partial charge is 0.331 e. The molecule has 0 spiro atoms.